The van der Waals surface area contributed by atoms with Gasteiger partial charge in [0.05, 0.1) is 25.5 Å². The van der Waals surface area contributed by atoms with Crippen molar-refractivity contribution in [2.75, 3.05) is 20.6 Å². The van der Waals surface area contributed by atoms with Crippen LogP contribution in [0.2, 0.25) is 0 Å². The van der Waals surface area contributed by atoms with Crippen LogP contribution in [0.5, 0.6) is 0 Å². The molecule has 0 saturated carbocycles. The molecule has 2 aromatic rings. The Morgan fingerprint density at radius 2 is 1.45 bits per heavy atom. The molecule has 0 unspecified atom stereocenters. The van der Waals surface area contributed by atoms with E-state index in [1.54, 1.807) is 12.1 Å². The van der Waals surface area contributed by atoms with Gasteiger partial charge in [-0.2, -0.15) is 0 Å². The van der Waals surface area contributed by atoms with Crippen molar-refractivity contribution in [3.63, 3.8) is 0 Å². The van der Waals surface area contributed by atoms with Crippen molar-refractivity contribution in [3.8, 4) is 0 Å². The highest BCUT2D eigenvalue weighted by Gasteiger charge is 2.14. The predicted octanol–water partition coefficient (Wildman–Crippen LogP) is 3.17. The summed E-state index contributed by atoms with van der Waals surface area (Å²) >= 11 is 0. The Labute approximate surface area is 133 Å². The summed E-state index contributed by atoms with van der Waals surface area (Å²) in [6.45, 7) is 5.15. The van der Waals surface area contributed by atoms with Gasteiger partial charge in [0.15, 0.2) is 0 Å². The molecule has 2 rings (SSSR count). The zero-order valence-electron chi connectivity index (χ0n) is 13.5. The maximum atomic E-state index is 10.4. The van der Waals surface area contributed by atoms with Gasteiger partial charge in [0.2, 0.25) is 0 Å². The Bertz CT molecular complexity index is 678. The van der Waals surface area contributed by atoms with Gasteiger partial charge >= 0.3 is 0 Å². The number of para-hydroxylation sites is 1. The molecule has 0 atom stereocenters. The van der Waals surface area contributed by atoms with Crippen LogP contribution in [-0.4, -0.2) is 33.6 Å². The summed E-state index contributed by atoms with van der Waals surface area (Å²) < 4.78 is 32.1. The van der Waals surface area contributed by atoms with Crippen molar-refractivity contribution in [1.82, 2.24) is 4.48 Å². The number of hydrogen-bond acceptors (Lipinski definition) is 3. The van der Waals surface area contributed by atoms with Crippen molar-refractivity contribution >= 4 is 15.8 Å². The largest absolute Gasteiger partial charge is 0.744 e. The van der Waals surface area contributed by atoms with Crippen LogP contribution < -0.4 is 4.48 Å². The maximum Gasteiger partial charge on any atom is 0.132 e. The predicted molar refractivity (Wildman–Crippen MR) is 89.8 cm³/mol. The van der Waals surface area contributed by atoms with Gasteiger partial charge in [-0.15, -0.1) is 0 Å². The number of aryl methyl sites for hydroxylation is 1. The lowest BCUT2D eigenvalue weighted by atomic mass is 10.2. The Morgan fingerprint density at radius 3 is 1.86 bits per heavy atom. The second-order valence-electron chi connectivity index (χ2n) is 5.60. The molecule has 0 aliphatic carbocycles. The fourth-order valence-corrected chi connectivity index (χ4v) is 2.19. The van der Waals surface area contributed by atoms with E-state index in [1.807, 2.05) is 6.92 Å². The Morgan fingerprint density at radius 1 is 0.955 bits per heavy atom. The molecule has 0 spiro atoms. The zero-order chi connectivity index (χ0) is 16.8. The second kappa shape index (κ2) is 7.54. The molecule has 2 aromatic carbocycles. The van der Waals surface area contributed by atoms with E-state index in [0.717, 1.165) is 16.6 Å². The monoisotopic (exact) mass is 321 g/mol. The summed E-state index contributed by atoms with van der Waals surface area (Å²) in [7, 11) is 0.166. The lowest BCUT2D eigenvalue weighted by molar-refractivity contribution is 0.421. The SMILES string of the molecule is CC[N+](C)(C)c1ccccc1.Cc1ccc(S(=O)(=O)[O-])cc1. The van der Waals surface area contributed by atoms with Crippen LogP contribution in [0.4, 0.5) is 5.69 Å². The van der Waals surface area contributed by atoms with Gasteiger partial charge < -0.3 is 4.55 Å². The van der Waals surface area contributed by atoms with Crippen molar-refractivity contribution in [3.05, 3.63) is 60.2 Å². The minimum atomic E-state index is -4.27. The minimum absolute atomic E-state index is 0.178. The number of nitrogens with zero attached hydrogens (tertiary/aromatic N) is 1. The van der Waals surface area contributed by atoms with Crippen molar-refractivity contribution in [1.29, 1.82) is 0 Å². The number of rotatable bonds is 3. The van der Waals surface area contributed by atoms with Gasteiger partial charge in [-0.1, -0.05) is 35.9 Å². The molecule has 0 radical (unpaired) electrons. The third kappa shape index (κ3) is 5.60. The molecule has 5 heteroatoms. The summed E-state index contributed by atoms with van der Waals surface area (Å²) in [6, 6.07) is 16.4. The highest BCUT2D eigenvalue weighted by molar-refractivity contribution is 7.85. The van der Waals surface area contributed by atoms with E-state index < -0.39 is 10.1 Å². The maximum absolute atomic E-state index is 10.4. The van der Waals surface area contributed by atoms with Crippen molar-refractivity contribution in [2.24, 2.45) is 0 Å². The quantitative estimate of drug-likeness (QED) is 0.644. The van der Waals surface area contributed by atoms with Gasteiger partial charge in [0, 0.05) is 0 Å². The number of hydrogen-bond donors (Lipinski definition) is 0. The van der Waals surface area contributed by atoms with Crippen molar-refractivity contribution < 1.29 is 13.0 Å². The molecule has 4 nitrogen and oxygen atoms in total. The fraction of sp³-hybridized carbons (Fsp3) is 0.294. The Kier molecular flexibility index (Phi) is 6.29. The lowest BCUT2D eigenvalue weighted by Gasteiger charge is -2.27. The van der Waals surface area contributed by atoms with E-state index in [4.69, 9.17) is 0 Å². The molecule has 120 valence electrons. The average Bonchev–Trinajstić information content (AvgIpc) is 2.48. The van der Waals surface area contributed by atoms with Crippen LogP contribution in [0.3, 0.4) is 0 Å². The summed E-state index contributed by atoms with van der Waals surface area (Å²) in [4.78, 5) is -0.178. The summed E-state index contributed by atoms with van der Waals surface area (Å²) in [5.74, 6) is 0. The fourth-order valence-electron chi connectivity index (χ4n) is 1.72. The van der Waals surface area contributed by atoms with E-state index in [-0.39, 0.29) is 4.90 Å². The van der Waals surface area contributed by atoms with Crippen LogP contribution in [0.25, 0.3) is 0 Å². The van der Waals surface area contributed by atoms with E-state index in [2.05, 4.69) is 51.4 Å². The second-order valence-corrected chi connectivity index (χ2v) is 6.98. The molecule has 0 aromatic heterocycles. The van der Waals surface area contributed by atoms with Gasteiger partial charge in [-0.05, 0) is 38.1 Å². The van der Waals surface area contributed by atoms with Crippen LogP contribution in [-0.2, 0) is 10.1 Å². The van der Waals surface area contributed by atoms with Crippen molar-refractivity contribution in [2.45, 2.75) is 18.7 Å². The summed E-state index contributed by atoms with van der Waals surface area (Å²) in [6.07, 6.45) is 0. The van der Waals surface area contributed by atoms with E-state index >= 15 is 0 Å². The smallest absolute Gasteiger partial charge is 0.132 e. The normalized spacial score (nSPS) is 11.5. The van der Waals surface area contributed by atoms with Gasteiger partial charge in [0.1, 0.15) is 15.8 Å². The molecule has 0 fully saturated rings. The molecular weight excluding hydrogens is 298 g/mol. The van der Waals surface area contributed by atoms with Gasteiger partial charge in [0.25, 0.3) is 0 Å². The molecule has 0 aliphatic heterocycles. The summed E-state index contributed by atoms with van der Waals surface area (Å²) in [5.41, 5.74) is 2.30. The number of benzene rings is 2. The topological polar surface area (TPSA) is 57.2 Å². The van der Waals surface area contributed by atoms with Crippen LogP contribution in [0.1, 0.15) is 12.5 Å². The standard InChI is InChI=1S/C10H16N.C7H8O3S/c1-4-11(2,3)10-8-6-5-7-9-10;1-6-2-4-7(5-3-6)11(8,9)10/h5-9H,4H2,1-3H3;2-5H,1H3,(H,8,9,10)/q+1;/p-1. The third-order valence-electron chi connectivity index (χ3n) is 3.56. The Hall–Kier alpha value is -1.69. The first-order valence-electron chi connectivity index (χ1n) is 7.08. The highest BCUT2D eigenvalue weighted by atomic mass is 32.2. The molecule has 0 amide bonds. The molecule has 0 saturated heterocycles. The first kappa shape index (κ1) is 18.4. The van der Waals surface area contributed by atoms with E-state index in [9.17, 15) is 13.0 Å². The van der Waals surface area contributed by atoms with Gasteiger partial charge in [-0.25, -0.2) is 8.42 Å². The first-order valence-corrected chi connectivity index (χ1v) is 8.49. The third-order valence-corrected chi connectivity index (χ3v) is 4.40. The summed E-state index contributed by atoms with van der Waals surface area (Å²) in [5, 5.41) is 0. The first-order chi connectivity index (χ1) is 10.2. The molecule has 0 aliphatic rings. The molecule has 0 bridgehead atoms. The van der Waals surface area contributed by atoms with Crippen LogP contribution >= 0.6 is 0 Å². The van der Waals surface area contributed by atoms with E-state index in [0.29, 0.717) is 0 Å². The lowest BCUT2D eigenvalue weighted by Crippen LogP contribution is -2.39. The van der Waals surface area contributed by atoms with Crippen LogP contribution in [0, 0.1) is 6.92 Å². The molecular formula is C17H23NO3S. The Balaban J connectivity index is 0.000000220. The van der Waals surface area contributed by atoms with E-state index in [1.165, 1.54) is 17.8 Å². The molecule has 0 heterocycles. The number of quaternary nitrogens is 1. The van der Waals surface area contributed by atoms with Gasteiger partial charge in [-0.3, -0.25) is 4.48 Å². The molecule has 0 N–H and O–H groups in total. The van der Waals surface area contributed by atoms with Crippen LogP contribution in [0.15, 0.2) is 59.5 Å². The average molecular weight is 321 g/mol. The molecule has 22 heavy (non-hydrogen) atoms. The highest BCUT2D eigenvalue weighted by Crippen LogP contribution is 2.16. The minimum Gasteiger partial charge on any atom is -0.744 e. The zero-order valence-corrected chi connectivity index (χ0v) is 14.3.